The van der Waals surface area contributed by atoms with Crippen LogP contribution in [-0.2, 0) is 33.3 Å². The van der Waals surface area contributed by atoms with E-state index < -0.39 is 18.0 Å². The molecule has 0 N–H and O–H groups in total. The van der Waals surface area contributed by atoms with Crippen LogP contribution in [-0.4, -0.2) is 61.8 Å². The van der Waals surface area contributed by atoms with Gasteiger partial charge in [-0.3, -0.25) is 4.79 Å². The predicted molar refractivity (Wildman–Crippen MR) is 84.8 cm³/mol. The lowest BCUT2D eigenvalue weighted by Gasteiger charge is -2.45. The van der Waals surface area contributed by atoms with Crippen LogP contribution in [0.3, 0.4) is 0 Å². The summed E-state index contributed by atoms with van der Waals surface area (Å²) in [4.78, 5) is 23.1. The third-order valence-corrected chi connectivity index (χ3v) is 5.87. The van der Waals surface area contributed by atoms with Gasteiger partial charge in [-0.25, -0.2) is 0 Å². The fourth-order valence-electron chi connectivity index (χ4n) is 4.63. The van der Waals surface area contributed by atoms with Crippen molar-refractivity contribution in [2.45, 2.75) is 93.8 Å². The van der Waals surface area contributed by atoms with Crippen molar-refractivity contribution >= 4 is 12.3 Å². The molecule has 4 rings (SSSR count). The van der Waals surface area contributed by atoms with Gasteiger partial charge in [0.1, 0.15) is 24.4 Å². The van der Waals surface area contributed by atoms with Gasteiger partial charge in [-0.05, 0) is 25.7 Å². The smallest absolute Gasteiger partial charge is 0.308 e. The number of aldehydes is 1. The maximum atomic E-state index is 11.6. The zero-order valence-electron chi connectivity index (χ0n) is 14.6. The van der Waals surface area contributed by atoms with Crippen molar-refractivity contribution in [1.29, 1.82) is 0 Å². The fourth-order valence-corrected chi connectivity index (χ4v) is 4.63. The van der Waals surface area contributed by atoms with Crippen LogP contribution in [0.15, 0.2) is 0 Å². The van der Waals surface area contributed by atoms with Crippen LogP contribution in [0.2, 0.25) is 0 Å². The molecule has 7 nitrogen and oxygen atoms in total. The van der Waals surface area contributed by atoms with Gasteiger partial charge in [0, 0.05) is 12.8 Å². The van der Waals surface area contributed by atoms with Gasteiger partial charge in [-0.2, -0.15) is 0 Å². The van der Waals surface area contributed by atoms with E-state index in [4.69, 9.17) is 23.7 Å². The van der Waals surface area contributed by atoms with E-state index in [1.165, 1.54) is 13.5 Å². The molecule has 3 heterocycles. The van der Waals surface area contributed by atoms with Crippen LogP contribution in [0.1, 0.15) is 51.4 Å². The van der Waals surface area contributed by atoms with Gasteiger partial charge in [0.25, 0.3) is 0 Å². The van der Waals surface area contributed by atoms with Crippen molar-refractivity contribution in [2.75, 3.05) is 7.11 Å². The molecule has 0 unspecified atom stereocenters. The highest BCUT2D eigenvalue weighted by atomic mass is 16.8. The van der Waals surface area contributed by atoms with Crippen LogP contribution in [0.25, 0.3) is 0 Å². The SMILES string of the molecule is COC(=O)C[C@H]1CC[C@@H]2O[C@@H](C=O)[C@H]3OC4(CCCCC4)O[C@H]3[C@H]2O1. The first-order chi connectivity index (χ1) is 12.1. The number of methoxy groups -OCH3 is 1. The summed E-state index contributed by atoms with van der Waals surface area (Å²) in [5, 5.41) is 0. The van der Waals surface area contributed by atoms with Gasteiger partial charge in [0.05, 0.1) is 25.7 Å². The summed E-state index contributed by atoms with van der Waals surface area (Å²) in [5.41, 5.74) is 0. The Morgan fingerprint density at radius 3 is 2.56 bits per heavy atom. The molecule has 140 valence electrons. The van der Waals surface area contributed by atoms with Gasteiger partial charge in [-0.15, -0.1) is 0 Å². The van der Waals surface area contributed by atoms with E-state index in [1.807, 2.05) is 0 Å². The average molecular weight is 354 g/mol. The van der Waals surface area contributed by atoms with Crippen molar-refractivity contribution in [2.24, 2.45) is 0 Å². The number of rotatable bonds is 3. The van der Waals surface area contributed by atoms with Gasteiger partial charge in [-0.1, -0.05) is 6.42 Å². The van der Waals surface area contributed by atoms with Gasteiger partial charge in [0.2, 0.25) is 0 Å². The highest BCUT2D eigenvalue weighted by molar-refractivity contribution is 5.69. The lowest BCUT2D eigenvalue weighted by atomic mass is 9.89. The Balaban J connectivity index is 1.51. The summed E-state index contributed by atoms with van der Waals surface area (Å²) < 4.78 is 29.5. The van der Waals surface area contributed by atoms with Crippen molar-refractivity contribution in [3.8, 4) is 0 Å². The molecule has 6 atom stereocenters. The summed E-state index contributed by atoms with van der Waals surface area (Å²) >= 11 is 0. The number of carbonyl (C=O) groups excluding carboxylic acids is 2. The first-order valence-electron chi connectivity index (χ1n) is 9.33. The molecule has 3 aliphatic heterocycles. The zero-order valence-corrected chi connectivity index (χ0v) is 14.6. The summed E-state index contributed by atoms with van der Waals surface area (Å²) in [7, 11) is 1.38. The topological polar surface area (TPSA) is 80.3 Å². The third-order valence-electron chi connectivity index (χ3n) is 5.87. The molecule has 1 spiro atoms. The highest BCUT2D eigenvalue weighted by Gasteiger charge is 2.59. The van der Waals surface area contributed by atoms with E-state index in [0.29, 0.717) is 6.42 Å². The minimum atomic E-state index is -0.617. The first kappa shape index (κ1) is 17.4. The average Bonchev–Trinajstić information content (AvgIpc) is 3.00. The highest BCUT2D eigenvalue weighted by Crippen LogP contribution is 2.47. The second-order valence-electron chi connectivity index (χ2n) is 7.49. The molecule has 0 bridgehead atoms. The van der Waals surface area contributed by atoms with Crippen LogP contribution >= 0.6 is 0 Å². The maximum absolute atomic E-state index is 11.6. The summed E-state index contributed by atoms with van der Waals surface area (Å²) in [5.74, 6) is -0.888. The van der Waals surface area contributed by atoms with E-state index in [-0.39, 0.29) is 36.8 Å². The van der Waals surface area contributed by atoms with Gasteiger partial charge in [0.15, 0.2) is 12.1 Å². The number of hydrogen-bond acceptors (Lipinski definition) is 7. The molecule has 1 saturated carbocycles. The molecular weight excluding hydrogens is 328 g/mol. The van der Waals surface area contributed by atoms with Crippen LogP contribution < -0.4 is 0 Å². The Bertz CT molecular complexity index is 516. The lowest BCUT2D eigenvalue weighted by molar-refractivity contribution is -0.235. The Kier molecular flexibility index (Phi) is 4.83. The molecule has 0 aromatic rings. The molecule has 0 aromatic heterocycles. The maximum Gasteiger partial charge on any atom is 0.308 e. The monoisotopic (exact) mass is 354 g/mol. The summed E-state index contributed by atoms with van der Waals surface area (Å²) in [6.45, 7) is 0. The summed E-state index contributed by atoms with van der Waals surface area (Å²) in [6.07, 6.45) is 5.36. The lowest BCUT2D eigenvalue weighted by Crippen LogP contribution is -2.60. The van der Waals surface area contributed by atoms with E-state index in [1.54, 1.807) is 0 Å². The first-order valence-corrected chi connectivity index (χ1v) is 9.33. The molecule has 7 heteroatoms. The van der Waals surface area contributed by atoms with Gasteiger partial charge >= 0.3 is 5.97 Å². The Morgan fingerprint density at radius 1 is 1.08 bits per heavy atom. The number of carbonyl (C=O) groups is 2. The molecular formula is C18H26O7. The standard InChI is InChI=1S/C18H26O7/c1-21-14(20)9-11-5-6-12-15(22-11)17-16(13(10-19)23-12)24-18(25-17)7-3-2-4-8-18/h10-13,15-17H,2-9H2,1H3/t11-,12+,13+,15+,16-,17+/m1/s1. The van der Waals surface area contributed by atoms with E-state index in [9.17, 15) is 9.59 Å². The molecule has 0 amide bonds. The number of ether oxygens (including phenoxy) is 5. The molecule has 3 saturated heterocycles. The van der Waals surface area contributed by atoms with Crippen molar-refractivity contribution in [3.63, 3.8) is 0 Å². The second kappa shape index (κ2) is 6.95. The summed E-state index contributed by atoms with van der Waals surface area (Å²) in [6, 6.07) is 0. The third kappa shape index (κ3) is 3.23. The largest absolute Gasteiger partial charge is 0.469 e. The van der Waals surface area contributed by atoms with Crippen LogP contribution in [0.5, 0.6) is 0 Å². The van der Waals surface area contributed by atoms with Gasteiger partial charge < -0.3 is 28.5 Å². The minimum Gasteiger partial charge on any atom is -0.469 e. The minimum absolute atomic E-state index is 0.201. The Labute approximate surface area is 147 Å². The molecule has 4 aliphatic rings. The Hall–Kier alpha value is -1.02. The fraction of sp³-hybridized carbons (Fsp3) is 0.889. The molecule has 0 aromatic carbocycles. The molecule has 1 aliphatic carbocycles. The van der Waals surface area contributed by atoms with E-state index in [0.717, 1.165) is 38.4 Å². The van der Waals surface area contributed by atoms with Crippen LogP contribution in [0.4, 0.5) is 0 Å². The predicted octanol–water partition coefficient (Wildman–Crippen LogP) is 1.51. The molecule has 25 heavy (non-hydrogen) atoms. The second-order valence-corrected chi connectivity index (χ2v) is 7.49. The zero-order chi connectivity index (χ0) is 17.4. The van der Waals surface area contributed by atoms with Crippen LogP contribution in [0, 0.1) is 0 Å². The normalized spacial score (nSPS) is 42.4. The quantitative estimate of drug-likeness (QED) is 0.561. The Morgan fingerprint density at radius 2 is 1.84 bits per heavy atom. The molecule has 4 fully saturated rings. The van der Waals surface area contributed by atoms with Crippen molar-refractivity contribution in [3.05, 3.63) is 0 Å². The number of fused-ring (bicyclic) bond motifs is 3. The number of esters is 1. The van der Waals surface area contributed by atoms with E-state index in [2.05, 4.69) is 0 Å². The number of hydrogen-bond donors (Lipinski definition) is 0. The van der Waals surface area contributed by atoms with Crippen molar-refractivity contribution < 1.29 is 33.3 Å². The van der Waals surface area contributed by atoms with E-state index >= 15 is 0 Å². The van der Waals surface area contributed by atoms with Crippen molar-refractivity contribution in [1.82, 2.24) is 0 Å². The molecule has 0 radical (unpaired) electrons.